The summed E-state index contributed by atoms with van der Waals surface area (Å²) in [5.41, 5.74) is 3.72. The number of aryl methyl sites for hydroxylation is 1. The zero-order chi connectivity index (χ0) is 18.1. The molecule has 4 N–H and O–H groups in total. The van der Waals surface area contributed by atoms with Gasteiger partial charge in [0, 0.05) is 50.2 Å². The highest BCUT2D eigenvalue weighted by Crippen LogP contribution is 2.19. The van der Waals surface area contributed by atoms with Crippen molar-refractivity contribution in [1.82, 2.24) is 20.9 Å². The number of benzene rings is 1. The molecule has 144 valence electrons. The van der Waals surface area contributed by atoms with Gasteiger partial charge in [-0.1, -0.05) is 19.1 Å². The van der Waals surface area contributed by atoms with E-state index in [9.17, 15) is 4.79 Å². The van der Waals surface area contributed by atoms with Crippen molar-refractivity contribution >= 4 is 46.7 Å². The third kappa shape index (κ3) is 6.86. The van der Waals surface area contributed by atoms with Gasteiger partial charge in [0.05, 0.1) is 0 Å². The number of guanidine groups is 1. The predicted octanol–water partition coefficient (Wildman–Crippen LogP) is 2.72. The molecule has 1 heterocycles. The predicted molar refractivity (Wildman–Crippen MR) is 119 cm³/mol. The van der Waals surface area contributed by atoms with Crippen LogP contribution in [-0.4, -0.2) is 43.5 Å². The molecule has 0 aliphatic rings. The number of aliphatic imine (C=N–C) groups is 1. The van der Waals surface area contributed by atoms with Crippen LogP contribution >= 0.6 is 24.0 Å². The van der Waals surface area contributed by atoms with Crippen LogP contribution in [0.15, 0.2) is 29.4 Å². The minimum atomic E-state index is 0. The Morgan fingerprint density at radius 1 is 1.15 bits per heavy atom. The minimum absolute atomic E-state index is 0. The van der Waals surface area contributed by atoms with E-state index in [-0.39, 0.29) is 29.9 Å². The highest BCUT2D eigenvalue weighted by Gasteiger charge is 2.05. The van der Waals surface area contributed by atoms with Crippen LogP contribution in [-0.2, 0) is 11.2 Å². The van der Waals surface area contributed by atoms with Crippen molar-refractivity contribution in [2.24, 2.45) is 4.99 Å². The number of carbonyl (C=O) groups is 1. The van der Waals surface area contributed by atoms with Gasteiger partial charge in [0.2, 0.25) is 5.91 Å². The van der Waals surface area contributed by atoms with Crippen LogP contribution in [0.3, 0.4) is 0 Å². The lowest BCUT2D eigenvalue weighted by Gasteiger charge is -2.11. The van der Waals surface area contributed by atoms with Gasteiger partial charge in [0.1, 0.15) is 0 Å². The van der Waals surface area contributed by atoms with Gasteiger partial charge >= 0.3 is 0 Å². The number of fused-ring (bicyclic) bond motifs is 1. The summed E-state index contributed by atoms with van der Waals surface area (Å²) < 4.78 is 0. The third-order valence-electron chi connectivity index (χ3n) is 4.05. The molecule has 6 nitrogen and oxygen atoms in total. The van der Waals surface area contributed by atoms with E-state index in [4.69, 9.17) is 0 Å². The number of nitrogens with one attached hydrogen (secondary N) is 4. The number of hydrogen-bond acceptors (Lipinski definition) is 2. The minimum Gasteiger partial charge on any atom is -0.361 e. The van der Waals surface area contributed by atoms with Gasteiger partial charge in [-0.05, 0) is 37.0 Å². The first-order valence-corrected chi connectivity index (χ1v) is 8.92. The van der Waals surface area contributed by atoms with Crippen molar-refractivity contribution in [2.45, 2.75) is 33.1 Å². The molecule has 0 unspecified atom stereocenters. The summed E-state index contributed by atoms with van der Waals surface area (Å²) in [7, 11) is 1.74. The molecule has 26 heavy (non-hydrogen) atoms. The molecule has 1 aromatic carbocycles. The summed E-state index contributed by atoms with van der Waals surface area (Å²) in [6.45, 7) is 6.22. The number of hydrogen-bond donors (Lipinski definition) is 4. The molecule has 0 saturated carbocycles. The number of halogens is 1. The molecule has 1 aromatic heterocycles. The molecule has 2 rings (SSSR count). The van der Waals surface area contributed by atoms with Crippen molar-refractivity contribution < 1.29 is 4.79 Å². The fraction of sp³-hybridized carbons (Fsp3) is 0.474. The molecule has 0 aliphatic heterocycles. The van der Waals surface area contributed by atoms with Crippen molar-refractivity contribution in [3.63, 3.8) is 0 Å². The van der Waals surface area contributed by atoms with Crippen molar-refractivity contribution in [3.8, 4) is 0 Å². The fourth-order valence-corrected chi connectivity index (χ4v) is 2.69. The molecule has 7 heteroatoms. The van der Waals surface area contributed by atoms with Crippen LogP contribution < -0.4 is 16.0 Å². The van der Waals surface area contributed by atoms with Gasteiger partial charge in [0.25, 0.3) is 0 Å². The van der Waals surface area contributed by atoms with Crippen LogP contribution in [0.5, 0.6) is 0 Å². The number of nitrogens with zero attached hydrogens (tertiary/aromatic N) is 1. The van der Waals surface area contributed by atoms with Gasteiger partial charge in [-0.3, -0.25) is 9.79 Å². The van der Waals surface area contributed by atoms with Crippen LogP contribution in [0.25, 0.3) is 10.9 Å². The lowest BCUT2D eigenvalue weighted by Crippen LogP contribution is -2.40. The molecule has 0 atom stereocenters. The standard InChI is InChI=1S/C19H29N5O.HI/c1-4-9-21-18(25)8-11-23-19(20-3)22-10-7-15-13-24-17-12-14(2)5-6-16(15)17;/h5-6,12-13,24H,4,7-11H2,1-3H3,(H,21,25)(H2,20,22,23);1H. The van der Waals surface area contributed by atoms with Gasteiger partial charge in [0.15, 0.2) is 5.96 Å². The van der Waals surface area contributed by atoms with E-state index < -0.39 is 0 Å². The molecule has 0 fully saturated rings. The smallest absolute Gasteiger partial charge is 0.221 e. The number of carbonyl (C=O) groups excluding carboxylic acids is 1. The maximum absolute atomic E-state index is 11.6. The number of aromatic nitrogens is 1. The second-order valence-electron chi connectivity index (χ2n) is 6.14. The van der Waals surface area contributed by atoms with Crippen LogP contribution in [0.1, 0.15) is 30.9 Å². The zero-order valence-corrected chi connectivity index (χ0v) is 18.1. The molecular formula is C19H30IN5O. The average molecular weight is 471 g/mol. The second-order valence-corrected chi connectivity index (χ2v) is 6.14. The quantitative estimate of drug-likeness (QED) is 0.272. The maximum atomic E-state index is 11.6. The first kappa shape index (κ1) is 22.3. The summed E-state index contributed by atoms with van der Waals surface area (Å²) in [4.78, 5) is 19.1. The Hall–Kier alpha value is -1.77. The van der Waals surface area contributed by atoms with Crippen LogP contribution in [0, 0.1) is 6.92 Å². The van der Waals surface area contributed by atoms with E-state index in [0.717, 1.165) is 31.9 Å². The Bertz CT molecular complexity index is 726. The first-order valence-electron chi connectivity index (χ1n) is 8.92. The van der Waals surface area contributed by atoms with Gasteiger partial charge < -0.3 is 20.9 Å². The number of rotatable bonds is 8. The highest BCUT2D eigenvalue weighted by atomic mass is 127. The SMILES string of the molecule is CCCNC(=O)CCNC(=NC)NCCc1c[nH]c2cc(C)ccc12.I. The average Bonchev–Trinajstić information content (AvgIpc) is 3.00. The van der Waals surface area contributed by atoms with E-state index in [0.29, 0.717) is 13.0 Å². The third-order valence-corrected chi connectivity index (χ3v) is 4.05. The van der Waals surface area contributed by atoms with Gasteiger partial charge in [-0.25, -0.2) is 0 Å². The summed E-state index contributed by atoms with van der Waals surface area (Å²) in [6, 6.07) is 6.46. The summed E-state index contributed by atoms with van der Waals surface area (Å²) in [5, 5.41) is 10.6. The molecule has 0 saturated heterocycles. The number of amides is 1. The molecule has 0 radical (unpaired) electrons. The molecular weight excluding hydrogens is 441 g/mol. The number of aromatic amines is 1. The molecule has 1 amide bonds. The van der Waals surface area contributed by atoms with Crippen molar-refractivity contribution in [3.05, 3.63) is 35.5 Å². The maximum Gasteiger partial charge on any atom is 0.221 e. The van der Waals surface area contributed by atoms with Gasteiger partial charge in [-0.2, -0.15) is 0 Å². The second kappa shape index (κ2) is 11.8. The van der Waals surface area contributed by atoms with E-state index in [1.165, 1.54) is 22.0 Å². The summed E-state index contributed by atoms with van der Waals surface area (Å²) in [5.74, 6) is 0.790. The number of H-pyrrole nitrogens is 1. The van der Waals surface area contributed by atoms with Crippen molar-refractivity contribution in [1.29, 1.82) is 0 Å². The Labute approximate surface area is 172 Å². The van der Waals surface area contributed by atoms with E-state index >= 15 is 0 Å². The Balaban J connectivity index is 0.00000338. The Kier molecular flexibility index (Phi) is 10.1. The molecule has 0 aliphatic carbocycles. The lowest BCUT2D eigenvalue weighted by atomic mass is 10.1. The Morgan fingerprint density at radius 2 is 1.92 bits per heavy atom. The summed E-state index contributed by atoms with van der Waals surface area (Å²) in [6.07, 6.45) is 4.37. The lowest BCUT2D eigenvalue weighted by molar-refractivity contribution is -0.120. The largest absolute Gasteiger partial charge is 0.361 e. The van der Waals surface area contributed by atoms with Crippen LogP contribution in [0.4, 0.5) is 0 Å². The van der Waals surface area contributed by atoms with Crippen LogP contribution in [0.2, 0.25) is 0 Å². The molecule has 2 aromatic rings. The highest BCUT2D eigenvalue weighted by molar-refractivity contribution is 14.0. The van der Waals surface area contributed by atoms with Gasteiger partial charge in [-0.15, -0.1) is 24.0 Å². The Morgan fingerprint density at radius 3 is 2.65 bits per heavy atom. The monoisotopic (exact) mass is 471 g/mol. The summed E-state index contributed by atoms with van der Waals surface area (Å²) >= 11 is 0. The van der Waals surface area contributed by atoms with E-state index in [1.807, 2.05) is 6.92 Å². The fourth-order valence-electron chi connectivity index (χ4n) is 2.69. The molecule has 0 bridgehead atoms. The van der Waals surface area contributed by atoms with E-state index in [1.54, 1.807) is 7.05 Å². The zero-order valence-electron chi connectivity index (χ0n) is 15.8. The topological polar surface area (TPSA) is 81.3 Å². The molecule has 0 spiro atoms. The van der Waals surface area contributed by atoms with E-state index in [2.05, 4.69) is 57.2 Å². The van der Waals surface area contributed by atoms with Crippen molar-refractivity contribution in [2.75, 3.05) is 26.7 Å². The normalized spacial score (nSPS) is 11.1. The first-order chi connectivity index (χ1) is 12.1.